The fourth-order valence-electron chi connectivity index (χ4n) is 6.59. The molecule has 1 saturated carbocycles. The number of hydrogen-bond acceptors (Lipinski definition) is 5. The third-order valence-electron chi connectivity index (χ3n) is 8.73. The number of carboxylic acid groups (broad SMARTS) is 1. The number of amides is 1. The number of nitrogens with zero attached hydrogens (tertiary/aromatic N) is 3. The number of aliphatic carboxylic acids is 1. The molecule has 1 aliphatic carbocycles. The van der Waals surface area contributed by atoms with Crippen molar-refractivity contribution in [1.29, 1.82) is 0 Å². The molecular formula is C33H42FN3O5. The maximum atomic E-state index is 15.6. The Morgan fingerprint density at radius 2 is 1.86 bits per heavy atom. The summed E-state index contributed by atoms with van der Waals surface area (Å²) < 4.78 is 29.2. The van der Waals surface area contributed by atoms with Crippen LogP contribution in [0.25, 0.3) is 22.2 Å². The summed E-state index contributed by atoms with van der Waals surface area (Å²) in [7, 11) is 3.65. The number of carbonyl (C=O) groups is 2. The van der Waals surface area contributed by atoms with E-state index in [1.54, 1.807) is 45.4 Å². The molecule has 1 aromatic carbocycles. The summed E-state index contributed by atoms with van der Waals surface area (Å²) in [6, 6.07) is 3.38. The van der Waals surface area contributed by atoms with Gasteiger partial charge in [-0.15, -0.1) is 0 Å². The van der Waals surface area contributed by atoms with Crippen molar-refractivity contribution < 1.29 is 28.6 Å². The van der Waals surface area contributed by atoms with E-state index in [0.717, 1.165) is 43.2 Å². The molecular weight excluding hydrogens is 537 g/mol. The molecule has 2 aliphatic rings. The number of halogens is 1. The molecule has 226 valence electrons. The van der Waals surface area contributed by atoms with E-state index in [1.807, 2.05) is 18.9 Å². The molecule has 2 aromatic heterocycles. The highest BCUT2D eigenvalue weighted by atomic mass is 19.1. The van der Waals surface area contributed by atoms with Gasteiger partial charge in [-0.1, -0.05) is 19.3 Å². The number of ether oxygens (including phenoxy) is 2. The van der Waals surface area contributed by atoms with E-state index in [-0.39, 0.29) is 17.7 Å². The number of aromatic nitrogens is 2. The predicted octanol–water partition coefficient (Wildman–Crippen LogP) is 6.67. The van der Waals surface area contributed by atoms with E-state index < -0.39 is 23.5 Å². The lowest BCUT2D eigenvalue weighted by molar-refractivity contribution is -0.160. The Hall–Kier alpha value is -3.46. The lowest BCUT2D eigenvalue weighted by atomic mass is 9.86. The molecule has 0 bridgehead atoms. The van der Waals surface area contributed by atoms with Crippen LogP contribution < -0.4 is 4.74 Å². The quantitative estimate of drug-likeness (QED) is 0.351. The zero-order valence-electron chi connectivity index (χ0n) is 25.8. The SMILES string of the molecule is Cc1nc2c(cc(C(=O)N(C)C3CCCCC3)n2C)c(-c2cc(F)c3c(c2C)CCCO3)c1[C@H](OC(C)(C)C)C(=O)O. The van der Waals surface area contributed by atoms with Crippen LogP contribution in [0.1, 0.15) is 98.3 Å². The Labute approximate surface area is 246 Å². The van der Waals surface area contributed by atoms with E-state index in [2.05, 4.69) is 0 Å². The van der Waals surface area contributed by atoms with Crippen molar-refractivity contribution in [2.75, 3.05) is 13.7 Å². The zero-order chi connectivity index (χ0) is 30.5. The molecule has 3 aromatic rings. The maximum Gasteiger partial charge on any atom is 0.337 e. The number of carbonyl (C=O) groups excluding carboxylic acids is 1. The van der Waals surface area contributed by atoms with E-state index in [1.165, 1.54) is 12.5 Å². The Balaban J connectivity index is 1.80. The normalized spacial score (nSPS) is 16.7. The van der Waals surface area contributed by atoms with Gasteiger partial charge in [0.2, 0.25) is 0 Å². The van der Waals surface area contributed by atoms with Crippen molar-refractivity contribution in [1.82, 2.24) is 14.5 Å². The lowest BCUT2D eigenvalue weighted by Gasteiger charge is -2.31. The fraction of sp³-hybridized carbons (Fsp3) is 0.545. The number of aryl methyl sites for hydroxylation is 2. The van der Waals surface area contributed by atoms with Crippen LogP contribution in [0.2, 0.25) is 0 Å². The molecule has 1 amide bonds. The fourth-order valence-corrected chi connectivity index (χ4v) is 6.59. The van der Waals surface area contributed by atoms with Crippen LogP contribution in [0.5, 0.6) is 5.75 Å². The molecule has 42 heavy (non-hydrogen) atoms. The number of hydrogen-bond donors (Lipinski definition) is 1. The van der Waals surface area contributed by atoms with E-state index in [4.69, 9.17) is 14.5 Å². The average molecular weight is 580 g/mol. The summed E-state index contributed by atoms with van der Waals surface area (Å²) in [5, 5.41) is 11.0. The van der Waals surface area contributed by atoms with Crippen LogP contribution in [-0.4, -0.2) is 56.7 Å². The van der Waals surface area contributed by atoms with Crippen LogP contribution in [0.4, 0.5) is 4.39 Å². The van der Waals surface area contributed by atoms with Gasteiger partial charge in [0.25, 0.3) is 5.91 Å². The summed E-state index contributed by atoms with van der Waals surface area (Å²) in [5.41, 5.74) is 3.66. The summed E-state index contributed by atoms with van der Waals surface area (Å²) >= 11 is 0. The van der Waals surface area contributed by atoms with Crippen LogP contribution in [0.15, 0.2) is 12.1 Å². The molecule has 0 spiro atoms. The van der Waals surface area contributed by atoms with Gasteiger partial charge in [-0.25, -0.2) is 14.2 Å². The Morgan fingerprint density at radius 3 is 2.50 bits per heavy atom. The number of fused-ring (bicyclic) bond motifs is 2. The van der Waals surface area contributed by atoms with Crippen LogP contribution >= 0.6 is 0 Å². The van der Waals surface area contributed by atoms with Gasteiger partial charge in [-0.05, 0) is 83.6 Å². The Bertz CT molecular complexity index is 1550. The van der Waals surface area contributed by atoms with Crippen molar-refractivity contribution in [3.8, 4) is 16.9 Å². The minimum absolute atomic E-state index is 0.116. The van der Waals surface area contributed by atoms with Crippen molar-refractivity contribution >= 4 is 22.9 Å². The van der Waals surface area contributed by atoms with E-state index in [9.17, 15) is 14.7 Å². The van der Waals surface area contributed by atoms with Crippen molar-refractivity contribution in [3.05, 3.63) is 46.0 Å². The smallest absolute Gasteiger partial charge is 0.337 e. The first-order valence-corrected chi connectivity index (χ1v) is 14.9. The summed E-state index contributed by atoms with van der Waals surface area (Å²) in [5.74, 6) is -1.52. The van der Waals surface area contributed by atoms with Gasteiger partial charge in [0.05, 0.1) is 12.2 Å². The van der Waals surface area contributed by atoms with Gasteiger partial charge in [0.1, 0.15) is 11.3 Å². The first-order valence-electron chi connectivity index (χ1n) is 14.9. The standard InChI is InChI=1S/C33H42FN3O5/c1-18-21-14-11-15-41-28(21)24(34)16-22(18)27-23-17-25(31(38)36(6)20-12-9-8-10-13-20)37(7)30(23)35-19(2)26(27)29(32(39)40)42-33(3,4)5/h16-17,20,29H,8-15H2,1-7H3,(H,39,40)/t29-/m0/s1. The molecule has 8 nitrogen and oxygen atoms in total. The number of carboxylic acids is 1. The minimum atomic E-state index is -1.36. The summed E-state index contributed by atoms with van der Waals surface area (Å²) in [6.07, 6.45) is 5.38. The van der Waals surface area contributed by atoms with E-state index in [0.29, 0.717) is 52.1 Å². The highest BCUT2D eigenvalue weighted by Crippen LogP contribution is 2.45. The van der Waals surface area contributed by atoms with Crippen LogP contribution in [0.3, 0.4) is 0 Å². The van der Waals surface area contributed by atoms with E-state index >= 15 is 4.39 Å². The second-order valence-corrected chi connectivity index (χ2v) is 12.8. The molecule has 0 unspecified atom stereocenters. The Morgan fingerprint density at radius 1 is 1.17 bits per heavy atom. The Kier molecular flexibility index (Phi) is 8.09. The summed E-state index contributed by atoms with van der Waals surface area (Å²) in [6.45, 7) is 9.50. The maximum absolute atomic E-state index is 15.6. The van der Waals surface area contributed by atoms with Crippen molar-refractivity contribution in [3.63, 3.8) is 0 Å². The molecule has 1 N–H and O–H groups in total. The molecule has 9 heteroatoms. The molecule has 5 rings (SSSR count). The second-order valence-electron chi connectivity index (χ2n) is 12.8. The number of rotatable bonds is 6. The largest absolute Gasteiger partial charge is 0.490 e. The van der Waals surface area contributed by atoms with Gasteiger partial charge in [0.15, 0.2) is 17.7 Å². The molecule has 0 radical (unpaired) electrons. The van der Waals surface area contributed by atoms with Gasteiger partial charge in [-0.3, -0.25) is 4.79 Å². The van der Waals surface area contributed by atoms with Gasteiger partial charge in [-0.2, -0.15) is 0 Å². The monoisotopic (exact) mass is 579 g/mol. The molecule has 0 saturated heterocycles. The molecule has 3 heterocycles. The molecule has 1 fully saturated rings. The van der Waals surface area contributed by atoms with Gasteiger partial charge < -0.3 is 24.0 Å². The third-order valence-corrected chi connectivity index (χ3v) is 8.73. The molecule has 1 aliphatic heterocycles. The topological polar surface area (TPSA) is 93.9 Å². The van der Waals surface area contributed by atoms with Crippen LogP contribution in [-0.2, 0) is 23.0 Å². The number of pyridine rings is 1. The van der Waals surface area contributed by atoms with Gasteiger partial charge in [0, 0.05) is 47.9 Å². The number of benzene rings is 1. The minimum Gasteiger partial charge on any atom is -0.490 e. The molecule has 1 atom stereocenters. The first-order chi connectivity index (χ1) is 19.8. The lowest BCUT2D eigenvalue weighted by Crippen LogP contribution is -2.39. The summed E-state index contributed by atoms with van der Waals surface area (Å²) in [4.78, 5) is 33.3. The highest BCUT2D eigenvalue weighted by molar-refractivity contribution is 6.04. The van der Waals surface area contributed by atoms with Crippen LogP contribution in [0, 0.1) is 19.7 Å². The average Bonchev–Trinajstić information content (AvgIpc) is 3.28. The second kappa shape index (κ2) is 11.3. The first kappa shape index (κ1) is 30.0. The van der Waals surface area contributed by atoms with Crippen molar-refractivity contribution in [2.24, 2.45) is 7.05 Å². The van der Waals surface area contributed by atoms with Gasteiger partial charge >= 0.3 is 5.97 Å². The zero-order valence-corrected chi connectivity index (χ0v) is 25.8. The predicted molar refractivity (Wildman–Crippen MR) is 160 cm³/mol. The third kappa shape index (κ3) is 5.39. The highest BCUT2D eigenvalue weighted by Gasteiger charge is 2.35. The van der Waals surface area contributed by atoms with Crippen molar-refractivity contribution in [2.45, 2.75) is 97.3 Å².